The summed E-state index contributed by atoms with van der Waals surface area (Å²) in [5.41, 5.74) is 12.3. The Morgan fingerprint density at radius 1 is 1.16 bits per heavy atom. The van der Waals surface area contributed by atoms with Gasteiger partial charge in [-0.2, -0.15) is 0 Å². The zero-order chi connectivity index (χ0) is 18.2. The van der Waals surface area contributed by atoms with Gasteiger partial charge in [-0.15, -0.1) is 11.8 Å². The largest absolute Gasteiger partial charge is 0.478 e. The molecule has 0 radical (unpaired) electrons. The summed E-state index contributed by atoms with van der Waals surface area (Å²) in [5, 5.41) is 8.38. The van der Waals surface area contributed by atoms with Crippen LogP contribution in [0.25, 0.3) is 0 Å². The van der Waals surface area contributed by atoms with Gasteiger partial charge in [0.2, 0.25) is 5.91 Å². The summed E-state index contributed by atoms with van der Waals surface area (Å²) >= 11 is 1.80. The molecule has 0 bridgehead atoms. The number of rotatable bonds is 3. The fourth-order valence-electron chi connectivity index (χ4n) is 3.09. The summed E-state index contributed by atoms with van der Waals surface area (Å²) in [6.45, 7) is 0.865. The van der Waals surface area contributed by atoms with E-state index in [1.54, 1.807) is 42.1 Å². The lowest BCUT2D eigenvalue weighted by molar-refractivity contribution is -0.132. The van der Waals surface area contributed by atoms with Gasteiger partial charge in [-0.05, 0) is 43.7 Å². The van der Waals surface area contributed by atoms with E-state index in [0.717, 1.165) is 43.9 Å². The molecule has 1 saturated heterocycles. The molecular formula is C18H27N3O3S. The Bertz CT molecular complexity index is 556. The predicted octanol–water partition coefficient (Wildman–Crippen LogP) is 1.75. The second-order valence-electron chi connectivity index (χ2n) is 6.51. The van der Waals surface area contributed by atoms with Gasteiger partial charge in [0.15, 0.2) is 0 Å². The molecule has 1 saturated carbocycles. The molecule has 1 aliphatic carbocycles. The molecule has 7 heteroatoms. The van der Waals surface area contributed by atoms with Crippen molar-refractivity contribution in [3.63, 3.8) is 0 Å². The van der Waals surface area contributed by atoms with Gasteiger partial charge in [-0.1, -0.05) is 18.2 Å². The van der Waals surface area contributed by atoms with Gasteiger partial charge in [0.25, 0.3) is 0 Å². The second-order valence-corrected chi connectivity index (χ2v) is 7.59. The van der Waals surface area contributed by atoms with Crippen LogP contribution in [0, 0.1) is 5.92 Å². The normalized spacial score (nSPS) is 24.2. The Balaban J connectivity index is 0.000000212. The number of carboxylic acids is 1. The molecule has 1 aromatic carbocycles. The maximum Gasteiger partial charge on any atom is 0.335 e. The van der Waals surface area contributed by atoms with Crippen LogP contribution in [0.4, 0.5) is 0 Å². The maximum absolute atomic E-state index is 12.1. The molecule has 2 fully saturated rings. The third kappa shape index (κ3) is 6.02. The number of nitrogens with two attached hydrogens (primary N) is 2. The molecule has 1 amide bonds. The number of nitrogens with zero attached hydrogens (tertiary/aromatic N) is 1. The monoisotopic (exact) mass is 365 g/mol. The summed E-state index contributed by atoms with van der Waals surface area (Å²) in [6.07, 6.45) is 4.05. The molecule has 5 N–H and O–H groups in total. The van der Waals surface area contributed by atoms with Crippen molar-refractivity contribution in [1.82, 2.24) is 4.90 Å². The molecule has 1 aromatic rings. The van der Waals surface area contributed by atoms with Crippen molar-refractivity contribution >= 4 is 23.6 Å². The molecule has 6 nitrogen and oxygen atoms in total. The first-order valence-electron chi connectivity index (χ1n) is 8.65. The topological polar surface area (TPSA) is 110 Å². The summed E-state index contributed by atoms with van der Waals surface area (Å²) in [6, 6.07) is 8.32. The van der Waals surface area contributed by atoms with Gasteiger partial charge >= 0.3 is 5.97 Å². The van der Waals surface area contributed by atoms with Crippen LogP contribution in [-0.4, -0.2) is 52.1 Å². The zero-order valence-corrected chi connectivity index (χ0v) is 15.2. The molecule has 2 aliphatic rings. The number of carbonyl (C=O) groups is 2. The average molecular weight is 365 g/mol. The lowest BCUT2D eigenvalue weighted by Gasteiger charge is -2.31. The highest BCUT2D eigenvalue weighted by Gasteiger charge is 2.32. The van der Waals surface area contributed by atoms with E-state index in [1.165, 1.54) is 0 Å². The first-order chi connectivity index (χ1) is 12.0. The standard InChI is InChI=1S/C11H21N3OS.C7H6O2/c12-9-3-1-8(2-4-9)10(13)11(15)14-5-6-16-7-14;8-7(9)6-4-2-1-3-5-6/h8-10H,1-7,12-13H2;1-5H,(H,8,9). The lowest BCUT2D eigenvalue weighted by Crippen LogP contribution is -2.48. The summed E-state index contributed by atoms with van der Waals surface area (Å²) < 4.78 is 0. The highest BCUT2D eigenvalue weighted by atomic mass is 32.2. The number of aromatic carboxylic acids is 1. The Hall–Kier alpha value is -1.57. The average Bonchev–Trinajstić information content (AvgIpc) is 3.17. The molecule has 138 valence electrons. The molecule has 3 rings (SSSR count). The zero-order valence-electron chi connectivity index (χ0n) is 14.3. The van der Waals surface area contributed by atoms with E-state index >= 15 is 0 Å². The Morgan fingerprint density at radius 3 is 2.28 bits per heavy atom. The van der Waals surface area contributed by atoms with E-state index in [2.05, 4.69) is 0 Å². The molecule has 1 heterocycles. The van der Waals surface area contributed by atoms with Crippen LogP contribution in [0.5, 0.6) is 0 Å². The summed E-state index contributed by atoms with van der Waals surface area (Å²) in [4.78, 5) is 24.2. The first-order valence-corrected chi connectivity index (χ1v) is 9.80. The van der Waals surface area contributed by atoms with Crippen molar-refractivity contribution < 1.29 is 14.7 Å². The highest BCUT2D eigenvalue weighted by Crippen LogP contribution is 2.27. The van der Waals surface area contributed by atoms with Gasteiger partial charge in [0.05, 0.1) is 17.5 Å². The maximum atomic E-state index is 12.1. The van der Waals surface area contributed by atoms with Crippen LogP contribution >= 0.6 is 11.8 Å². The minimum atomic E-state index is -0.879. The lowest BCUT2D eigenvalue weighted by atomic mass is 9.81. The van der Waals surface area contributed by atoms with Crippen molar-refractivity contribution in [1.29, 1.82) is 0 Å². The fraction of sp³-hybridized carbons (Fsp3) is 0.556. The number of benzene rings is 1. The third-order valence-electron chi connectivity index (χ3n) is 4.69. The van der Waals surface area contributed by atoms with Crippen LogP contribution < -0.4 is 11.5 Å². The predicted molar refractivity (Wildman–Crippen MR) is 100 cm³/mol. The van der Waals surface area contributed by atoms with Gasteiger partial charge in [0, 0.05) is 18.3 Å². The quantitative estimate of drug-likeness (QED) is 0.753. The van der Waals surface area contributed by atoms with E-state index < -0.39 is 5.97 Å². The smallest absolute Gasteiger partial charge is 0.335 e. The van der Waals surface area contributed by atoms with Crippen LogP contribution in [0.1, 0.15) is 36.0 Å². The molecule has 1 aliphatic heterocycles. The Morgan fingerprint density at radius 2 is 1.80 bits per heavy atom. The molecular weight excluding hydrogens is 338 g/mol. The minimum Gasteiger partial charge on any atom is -0.478 e. The van der Waals surface area contributed by atoms with E-state index in [-0.39, 0.29) is 11.9 Å². The number of carboxylic acid groups (broad SMARTS) is 1. The van der Waals surface area contributed by atoms with Crippen molar-refractivity contribution in [3.8, 4) is 0 Å². The second kappa shape index (κ2) is 9.79. The van der Waals surface area contributed by atoms with E-state index in [1.807, 2.05) is 4.90 Å². The van der Waals surface area contributed by atoms with E-state index in [9.17, 15) is 9.59 Å². The van der Waals surface area contributed by atoms with E-state index in [4.69, 9.17) is 16.6 Å². The van der Waals surface area contributed by atoms with Crippen LogP contribution in [0.15, 0.2) is 30.3 Å². The van der Waals surface area contributed by atoms with Crippen LogP contribution in [0.3, 0.4) is 0 Å². The fourth-order valence-corrected chi connectivity index (χ4v) is 4.04. The molecule has 0 aromatic heterocycles. The van der Waals surface area contributed by atoms with E-state index in [0.29, 0.717) is 17.5 Å². The van der Waals surface area contributed by atoms with Crippen molar-refractivity contribution in [2.45, 2.75) is 37.8 Å². The molecule has 1 atom stereocenters. The minimum absolute atomic E-state index is 0.144. The van der Waals surface area contributed by atoms with Gasteiger partial charge in [-0.25, -0.2) is 4.79 Å². The summed E-state index contributed by atoms with van der Waals surface area (Å²) in [7, 11) is 0. The number of hydrogen-bond donors (Lipinski definition) is 3. The molecule has 1 unspecified atom stereocenters. The van der Waals surface area contributed by atoms with Crippen molar-refractivity contribution in [3.05, 3.63) is 35.9 Å². The van der Waals surface area contributed by atoms with Crippen LogP contribution in [-0.2, 0) is 4.79 Å². The molecule has 0 spiro atoms. The Kier molecular flexibility index (Phi) is 7.74. The molecule has 25 heavy (non-hydrogen) atoms. The number of amides is 1. The highest BCUT2D eigenvalue weighted by molar-refractivity contribution is 7.99. The first kappa shape index (κ1) is 19.8. The van der Waals surface area contributed by atoms with Crippen molar-refractivity contribution in [2.24, 2.45) is 17.4 Å². The third-order valence-corrected chi connectivity index (χ3v) is 5.66. The number of thioether (sulfide) groups is 1. The number of carbonyl (C=O) groups excluding carboxylic acids is 1. The SMILES string of the molecule is NC1CCC(C(N)C(=O)N2CCSC2)CC1.O=C(O)c1ccccc1. The van der Waals surface area contributed by atoms with Gasteiger partial charge < -0.3 is 21.5 Å². The summed E-state index contributed by atoms with van der Waals surface area (Å²) in [5.74, 6) is 1.48. The van der Waals surface area contributed by atoms with Crippen LogP contribution in [0.2, 0.25) is 0 Å². The van der Waals surface area contributed by atoms with Gasteiger partial charge in [-0.3, -0.25) is 4.79 Å². The number of hydrogen-bond acceptors (Lipinski definition) is 5. The van der Waals surface area contributed by atoms with Crippen molar-refractivity contribution in [2.75, 3.05) is 18.2 Å². The van der Waals surface area contributed by atoms with Gasteiger partial charge in [0.1, 0.15) is 0 Å². The Labute approximate surface area is 152 Å².